The smallest absolute Gasteiger partial charge is 0.254 e. The van der Waals surface area contributed by atoms with Crippen LogP contribution in [0.3, 0.4) is 0 Å². The third-order valence-corrected chi connectivity index (χ3v) is 3.02. The molecule has 1 heterocycles. The maximum atomic E-state index is 12.3. The van der Waals surface area contributed by atoms with Crippen molar-refractivity contribution in [1.29, 1.82) is 0 Å². The number of fused-ring (bicyclic) bond motifs is 1. The molecule has 1 aromatic rings. The van der Waals surface area contributed by atoms with E-state index >= 15 is 0 Å². The summed E-state index contributed by atoms with van der Waals surface area (Å²) >= 11 is 0. The van der Waals surface area contributed by atoms with Crippen LogP contribution >= 0.6 is 0 Å². The zero-order valence-corrected chi connectivity index (χ0v) is 10.6. The lowest BCUT2D eigenvalue weighted by Crippen LogP contribution is -2.36. The van der Waals surface area contributed by atoms with Gasteiger partial charge >= 0.3 is 0 Å². The average molecular weight is 244 g/mol. The zero-order chi connectivity index (χ0) is 13.3. The van der Waals surface area contributed by atoms with Crippen LogP contribution in [-0.2, 0) is 9.59 Å². The van der Waals surface area contributed by atoms with Crippen molar-refractivity contribution in [1.82, 2.24) is 5.32 Å². The van der Waals surface area contributed by atoms with Crippen LogP contribution < -0.4 is 10.2 Å². The van der Waals surface area contributed by atoms with Gasteiger partial charge in [-0.05, 0) is 12.5 Å². The molecule has 0 saturated heterocycles. The number of anilines is 1. The van der Waals surface area contributed by atoms with E-state index in [1.165, 1.54) is 6.92 Å². The Morgan fingerprint density at radius 1 is 1.56 bits per heavy atom. The van der Waals surface area contributed by atoms with Crippen molar-refractivity contribution in [3.63, 3.8) is 0 Å². The van der Waals surface area contributed by atoms with E-state index in [1.54, 1.807) is 11.0 Å². The molecule has 0 fully saturated rings. The lowest BCUT2D eigenvalue weighted by molar-refractivity contribution is -0.126. The zero-order valence-electron chi connectivity index (χ0n) is 10.6. The van der Waals surface area contributed by atoms with Crippen LogP contribution in [0.5, 0.6) is 0 Å². The molecule has 2 rings (SSSR count). The van der Waals surface area contributed by atoms with E-state index in [1.807, 2.05) is 25.1 Å². The average Bonchev–Trinajstić information content (AvgIpc) is 2.56. The number of carbonyl (C=O) groups excluding carboxylic acids is 2. The van der Waals surface area contributed by atoms with Gasteiger partial charge in [0.1, 0.15) is 6.04 Å². The van der Waals surface area contributed by atoms with Crippen molar-refractivity contribution < 1.29 is 9.59 Å². The minimum atomic E-state index is -0.572. The number of hydrogen-bond acceptors (Lipinski definition) is 2. The molecule has 2 amide bonds. The molecule has 4 nitrogen and oxygen atoms in total. The molecule has 0 unspecified atom stereocenters. The van der Waals surface area contributed by atoms with Crippen molar-refractivity contribution in [2.24, 2.45) is 0 Å². The molecule has 4 heteroatoms. The van der Waals surface area contributed by atoms with Gasteiger partial charge in [0.2, 0.25) is 5.91 Å². The molecule has 1 atom stereocenters. The normalized spacial score (nSPS) is 17.6. The fourth-order valence-corrected chi connectivity index (χ4v) is 2.34. The van der Waals surface area contributed by atoms with Gasteiger partial charge in [-0.15, -0.1) is 6.58 Å². The molecule has 0 bridgehead atoms. The molecule has 1 aliphatic heterocycles. The summed E-state index contributed by atoms with van der Waals surface area (Å²) < 4.78 is 0. The standard InChI is InChI=1S/C14H16N2O2/c1-4-8-16-13-9(2)6-5-7-11(13)12(14(16)18)15-10(3)17/h4-7,12H,1,8H2,2-3H3,(H,15,17)/t12-/m1/s1. The molecule has 0 saturated carbocycles. The quantitative estimate of drug-likeness (QED) is 0.823. The largest absolute Gasteiger partial charge is 0.341 e. The summed E-state index contributed by atoms with van der Waals surface area (Å²) in [5, 5.41) is 2.70. The first-order chi connectivity index (χ1) is 8.56. The SMILES string of the molecule is C=CCN1C(=O)[C@H](NC(C)=O)c2cccc(C)c21. The number of nitrogens with zero attached hydrogens (tertiary/aromatic N) is 1. The van der Waals surface area contributed by atoms with Gasteiger partial charge in [-0.3, -0.25) is 9.59 Å². The van der Waals surface area contributed by atoms with Gasteiger partial charge in [0.15, 0.2) is 0 Å². The van der Waals surface area contributed by atoms with Crippen LogP contribution in [0, 0.1) is 6.92 Å². The topological polar surface area (TPSA) is 49.4 Å². The number of nitrogens with one attached hydrogen (secondary N) is 1. The molecule has 18 heavy (non-hydrogen) atoms. The number of carbonyl (C=O) groups is 2. The highest BCUT2D eigenvalue weighted by Gasteiger charge is 2.37. The Hall–Kier alpha value is -2.10. The molecular weight excluding hydrogens is 228 g/mol. The minimum absolute atomic E-state index is 0.102. The molecule has 0 spiro atoms. The van der Waals surface area contributed by atoms with Crippen LogP contribution in [0.1, 0.15) is 24.1 Å². The fraction of sp³-hybridized carbons (Fsp3) is 0.286. The van der Waals surface area contributed by atoms with Gasteiger partial charge in [-0.1, -0.05) is 24.3 Å². The van der Waals surface area contributed by atoms with E-state index in [0.717, 1.165) is 16.8 Å². The van der Waals surface area contributed by atoms with Crippen LogP contribution in [0.15, 0.2) is 30.9 Å². The summed E-state index contributed by atoms with van der Waals surface area (Å²) in [4.78, 5) is 25.2. The first-order valence-corrected chi connectivity index (χ1v) is 5.85. The monoisotopic (exact) mass is 244 g/mol. The van der Waals surface area contributed by atoms with Crippen molar-refractivity contribution >= 4 is 17.5 Å². The number of para-hydroxylation sites is 1. The molecule has 1 N–H and O–H groups in total. The summed E-state index contributed by atoms with van der Waals surface area (Å²) in [6.45, 7) is 7.49. The van der Waals surface area contributed by atoms with Crippen LogP contribution in [0.2, 0.25) is 0 Å². The first kappa shape index (κ1) is 12.4. The highest BCUT2D eigenvalue weighted by Crippen LogP contribution is 2.38. The number of hydrogen-bond donors (Lipinski definition) is 1. The predicted molar refractivity (Wildman–Crippen MR) is 70.3 cm³/mol. The van der Waals surface area contributed by atoms with Crippen molar-refractivity contribution in [2.45, 2.75) is 19.9 Å². The van der Waals surface area contributed by atoms with Crippen molar-refractivity contribution in [3.05, 3.63) is 42.0 Å². The first-order valence-electron chi connectivity index (χ1n) is 5.85. The second-order valence-corrected chi connectivity index (χ2v) is 4.38. The minimum Gasteiger partial charge on any atom is -0.341 e. The number of amides is 2. The van der Waals surface area contributed by atoms with Crippen LogP contribution in [0.25, 0.3) is 0 Å². The Kier molecular flexibility index (Phi) is 3.19. The summed E-state index contributed by atoms with van der Waals surface area (Å²) in [6.07, 6.45) is 1.68. The van der Waals surface area contributed by atoms with E-state index in [-0.39, 0.29) is 11.8 Å². The molecule has 0 aromatic heterocycles. The molecular formula is C14H16N2O2. The fourth-order valence-electron chi connectivity index (χ4n) is 2.34. The Balaban J connectivity index is 2.50. The van der Waals surface area contributed by atoms with E-state index < -0.39 is 6.04 Å². The Bertz CT molecular complexity index is 523. The van der Waals surface area contributed by atoms with Crippen molar-refractivity contribution in [2.75, 3.05) is 11.4 Å². The van der Waals surface area contributed by atoms with Crippen molar-refractivity contribution in [3.8, 4) is 0 Å². The summed E-state index contributed by atoms with van der Waals surface area (Å²) in [7, 11) is 0. The third-order valence-electron chi connectivity index (χ3n) is 3.02. The Morgan fingerprint density at radius 3 is 2.89 bits per heavy atom. The van der Waals surface area contributed by atoms with Gasteiger partial charge in [0.05, 0.1) is 5.69 Å². The van der Waals surface area contributed by atoms with Gasteiger partial charge in [-0.2, -0.15) is 0 Å². The number of rotatable bonds is 3. The maximum absolute atomic E-state index is 12.3. The molecule has 1 aromatic carbocycles. The second-order valence-electron chi connectivity index (χ2n) is 4.38. The summed E-state index contributed by atoms with van der Waals surface area (Å²) in [6, 6.07) is 5.16. The third kappa shape index (κ3) is 1.90. The van der Waals surface area contributed by atoms with Gasteiger partial charge in [0.25, 0.3) is 5.91 Å². The van der Waals surface area contributed by atoms with Gasteiger partial charge < -0.3 is 10.2 Å². The predicted octanol–water partition coefficient (Wildman–Crippen LogP) is 1.70. The molecule has 0 aliphatic carbocycles. The second kappa shape index (κ2) is 4.64. The lowest BCUT2D eigenvalue weighted by Gasteiger charge is -2.17. The van der Waals surface area contributed by atoms with E-state index in [4.69, 9.17) is 0 Å². The number of benzene rings is 1. The molecule has 1 aliphatic rings. The Labute approximate surface area is 106 Å². The van der Waals surface area contributed by atoms with Crippen LogP contribution in [-0.4, -0.2) is 18.4 Å². The summed E-state index contributed by atoms with van der Waals surface area (Å²) in [5.41, 5.74) is 2.77. The lowest BCUT2D eigenvalue weighted by atomic mass is 10.1. The Morgan fingerprint density at radius 2 is 2.28 bits per heavy atom. The molecule has 0 radical (unpaired) electrons. The highest BCUT2D eigenvalue weighted by molar-refractivity contribution is 6.07. The van der Waals surface area contributed by atoms with Gasteiger partial charge in [-0.25, -0.2) is 0 Å². The number of aryl methyl sites for hydroxylation is 1. The highest BCUT2D eigenvalue weighted by atomic mass is 16.2. The van der Waals surface area contributed by atoms with E-state index in [2.05, 4.69) is 11.9 Å². The van der Waals surface area contributed by atoms with E-state index in [0.29, 0.717) is 6.54 Å². The maximum Gasteiger partial charge on any atom is 0.254 e. The van der Waals surface area contributed by atoms with E-state index in [9.17, 15) is 9.59 Å². The summed E-state index contributed by atoms with van der Waals surface area (Å²) in [5.74, 6) is -0.310. The van der Waals surface area contributed by atoms with Gasteiger partial charge in [0, 0.05) is 19.0 Å². The van der Waals surface area contributed by atoms with Crippen LogP contribution in [0.4, 0.5) is 5.69 Å². The molecule has 94 valence electrons.